The second-order valence-electron chi connectivity index (χ2n) is 5.68. The van der Waals surface area contributed by atoms with Crippen LogP contribution in [0.4, 0.5) is 14.6 Å². The molecule has 8 heteroatoms. The van der Waals surface area contributed by atoms with Crippen LogP contribution >= 0.6 is 11.3 Å². The number of hydrogen-bond acceptors (Lipinski definition) is 5. The number of thiazole rings is 1. The molecule has 0 aliphatic carbocycles. The molecule has 2 aromatic rings. The molecule has 0 aliphatic heterocycles. The number of pyridine rings is 1. The molecule has 0 fully saturated rings. The smallest absolute Gasteiger partial charge is 0.365 e. The number of carbonyl (C=O) groups is 1. The molecule has 22 heavy (non-hydrogen) atoms. The molecule has 0 unspecified atom stereocenters. The van der Waals surface area contributed by atoms with Crippen molar-refractivity contribution in [3.05, 3.63) is 28.2 Å². The van der Waals surface area contributed by atoms with E-state index in [2.05, 4.69) is 15.3 Å². The Morgan fingerprint density at radius 3 is 2.59 bits per heavy atom. The van der Waals surface area contributed by atoms with Crippen LogP contribution in [0.25, 0.3) is 11.3 Å². The SMILES string of the molecule is CC(C)(C)Nc1cc(C(F)F)c(-c2csc(C(=O)O)n2)cn1. The molecule has 0 atom stereocenters. The zero-order chi connectivity index (χ0) is 16.5. The minimum absolute atomic E-state index is 0.137. The Labute approximate surface area is 130 Å². The van der Waals surface area contributed by atoms with Crippen LogP contribution in [0.2, 0.25) is 0 Å². The molecular formula is C14H15F2N3O2S. The molecule has 2 rings (SSSR count). The number of hydrogen-bond donors (Lipinski definition) is 2. The van der Waals surface area contributed by atoms with Crippen molar-refractivity contribution in [2.24, 2.45) is 0 Å². The third-order valence-electron chi connectivity index (χ3n) is 2.64. The van der Waals surface area contributed by atoms with Gasteiger partial charge in [-0.25, -0.2) is 23.5 Å². The summed E-state index contributed by atoms with van der Waals surface area (Å²) in [6, 6.07) is 1.27. The Hall–Kier alpha value is -2.09. The summed E-state index contributed by atoms with van der Waals surface area (Å²) in [5.41, 5.74) is -0.222. The number of nitrogens with zero attached hydrogens (tertiary/aromatic N) is 2. The second-order valence-corrected chi connectivity index (χ2v) is 6.53. The van der Waals surface area contributed by atoms with Crippen LogP contribution in [-0.4, -0.2) is 26.6 Å². The van der Waals surface area contributed by atoms with Crippen molar-refractivity contribution < 1.29 is 18.7 Å². The zero-order valence-electron chi connectivity index (χ0n) is 12.2. The fourth-order valence-corrected chi connectivity index (χ4v) is 2.47. The lowest BCUT2D eigenvalue weighted by molar-refractivity contribution is 0.0696. The van der Waals surface area contributed by atoms with Gasteiger partial charge in [0, 0.05) is 28.2 Å². The van der Waals surface area contributed by atoms with E-state index in [9.17, 15) is 13.6 Å². The molecule has 0 radical (unpaired) electrons. The molecule has 0 saturated carbocycles. The van der Waals surface area contributed by atoms with Gasteiger partial charge in [0.15, 0.2) is 0 Å². The van der Waals surface area contributed by atoms with E-state index in [0.29, 0.717) is 5.82 Å². The predicted octanol–water partition coefficient (Wildman–Crippen LogP) is 4.05. The summed E-state index contributed by atoms with van der Waals surface area (Å²) in [5.74, 6) is -0.853. The van der Waals surface area contributed by atoms with Crippen molar-refractivity contribution in [3.8, 4) is 11.3 Å². The molecular weight excluding hydrogens is 312 g/mol. The first-order chi connectivity index (χ1) is 10.2. The van der Waals surface area contributed by atoms with Gasteiger partial charge in [0.2, 0.25) is 5.01 Å². The fraction of sp³-hybridized carbons (Fsp3) is 0.357. The number of carboxylic acids is 1. The number of alkyl halides is 2. The van der Waals surface area contributed by atoms with Crippen molar-refractivity contribution in [3.63, 3.8) is 0 Å². The third-order valence-corrected chi connectivity index (χ3v) is 3.47. The number of rotatable bonds is 4. The number of aromatic nitrogens is 2. The topological polar surface area (TPSA) is 75.1 Å². The van der Waals surface area contributed by atoms with E-state index in [1.54, 1.807) is 0 Å². The largest absolute Gasteiger partial charge is 0.476 e. The number of anilines is 1. The lowest BCUT2D eigenvalue weighted by Crippen LogP contribution is -2.26. The molecule has 2 heterocycles. The van der Waals surface area contributed by atoms with Crippen molar-refractivity contribution in [1.82, 2.24) is 9.97 Å². The highest BCUT2D eigenvalue weighted by Gasteiger charge is 2.20. The first-order valence-corrected chi connectivity index (χ1v) is 7.31. The molecule has 2 aromatic heterocycles. The van der Waals surface area contributed by atoms with Gasteiger partial charge in [-0.3, -0.25) is 0 Å². The highest BCUT2D eigenvalue weighted by atomic mass is 32.1. The fourth-order valence-electron chi connectivity index (χ4n) is 1.81. The Kier molecular flexibility index (Phi) is 4.41. The summed E-state index contributed by atoms with van der Waals surface area (Å²) in [6.45, 7) is 5.68. The Bertz CT molecular complexity index is 696. The van der Waals surface area contributed by atoms with E-state index in [-0.39, 0.29) is 27.4 Å². The van der Waals surface area contributed by atoms with Crippen LogP contribution in [0.1, 0.15) is 42.6 Å². The minimum atomic E-state index is -2.71. The van der Waals surface area contributed by atoms with Crippen LogP contribution < -0.4 is 5.32 Å². The summed E-state index contributed by atoms with van der Waals surface area (Å²) < 4.78 is 26.6. The van der Waals surface area contributed by atoms with Gasteiger partial charge >= 0.3 is 5.97 Å². The van der Waals surface area contributed by atoms with Gasteiger partial charge in [-0.15, -0.1) is 11.3 Å². The lowest BCUT2D eigenvalue weighted by Gasteiger charge is -2.22. The van der Waals surface area contributed by atoms with Gasteiger partial charge in [-0.05, 0) is 26.8 Å². The van der Waals surface area contributed by atoms with E-state index in [1.165, 1.54) is 17.6 Å². The van der Waals surface area contributed by atoms with Gasteiger partial charge in [0.25, 0.3) is 6.43 Å². The molecule has 2 N–H and O–H groups in total. The maximum atomic E-state index is 13.3. The summed E-state index contributed by atoms with van der Waals surface area (Å²) in [6.07, 6.45) is -1.43. The Morgan fingerprint density at radius 1 is 1.41 bits per heavy atom. The van der Waals surface area contributed by atoms with Gasteiger partial charge in [0.05, 0.1) is 5.69 Å². The zero-order valence-corrected chi connectivity index (χ0v) is 13.0. The number of halogens is 2. The Morgan fingerprint density at radius 2 is 2.09 bits per heavy atom. The van der Waals surface area contributed by atoms with Gasteiger partial charge in [-0.1, -0.05) is 0 Å². The first-order valence-electron chi connectivity index (χ1n) is 6.43. The monoisotopic (exact) mass is 327 g/mol. The molecule has 118 valence electrons. The highest BCUT2D eigenvalue weighted by Crippen LogP contribution is 2.33. The molecule has 0 amide bonds. The Balaban J connectivity index is 2.44. The van der Waals surface area contributed by atoms with E-state index in [1.807, 2.05) is 20.8 Å². The minimum Gasteiger partial charge on any atom is -0.476 e. The van der Waals surface area contributed by atoms with Gasteiger partial charge in [0.1, 0.15) is 5.82 Å². The highest BCUT2D eigenvalue weighted by molar-refractivity contribution is 7.11. The average Bonchev–Trinajstić information content (AvgIpc) is 2.86. The molecule has 0 aliphatic rings. The predicted molar refractivity (Wildman–Crippen MR) is 80.6 cm³/mol. The summed E-state index contributed by atoms with van der Waals surface area (Å²) in [4.78, 5) is 18.8. The van der Waals surface area contributed by atoms with Crippen LogP contribution in [0.5, 0.6) is 0 Å². The average molecular weight is 327 g/mol. The summed E-state index contributed by atoms with van der Waals surface area (Å²) in [5, 5.41) is 13.2. The quantitative estimate of drug-likeness (QED) is 0.886. The van der Waals surface area contributed by atoms with E-state index >= 15 is 0 Å². The molecule has 5 nitrogen and oxygen atoms in total. The van der Waals surface area contributed by atoms with Crippen LogP contribution in [-0.2, 0) is 0 Å². The third kappa shape index (κ3) is 3.76. The van der Waals surface area contributed by atoms with E-state index in [4.69, 9.17) is 5.11 Å². The molecule has 0 saturated heterocycles. The molecule has 0 bridgehead atoms. The van der Waals surface area contributed by atoms with Crippen molar-refractivity contribution in [1.29, 1.82) is 0 Å². The number of carboxylic acid groups (broad SMARTS) is 1. The van der Waals surface area contributed by atoms with Crippen LogP contribution in [0.3, 0.4) is 0 Å². The summed E-state index contributed by atoms with van der Waals surface area (Å²) >= 11 is 0.888. The van der Waals surface area contributed by atoms with Gasteiger partial charge in [-0.2, -0.15) is 0 Å². The van der Waals surface area contributed by atoms with Crippen LogP contribution in [0, 0.1) is 0 Å². The van der Waals surface area contributed by atoms with Gasteiger partial charge < -0.3 is 10.4 Å². The standard InChI is InChI=1S/C14H15F2N3O2S/c1-14(2,3)19-10-4-7(11(15)16)8(5-17-10)9-6-22-12(18-9)13(20)21/h4-6,11H,1-3H3,(H,17,19)(H,20,21). The summed E-state index contributed by atoms with van der Waals surface area (Å²) in [7, 11) is 0. The number of aromatic carboxylic acids is 1. The maximum Gasteiger partial charge on any atom is 0.365 e. The van der Waals surface area contributed by atoms with E-state index < -0.39 is 12.4 Å². The van der Waals surface area contributed by atoms with Crippen molar-refractivity contribution in [2.75, 3.05) is 5.32 Å². The van der Waals surface area contributed by atoms with Crippen LogP contribution in [0.15, 0.2) is 17.6 Å². The lowest BCUT2D eigenvalue weighted by atomic mass is 10.1. The maximum absolute atomic E-state index is 13.3. The van der Waals surface area contributed by atoms with Crippen molar-refractivity contribution in [2.45, 2.75) is 32.7 Å². The normalized spacial score (nSPS) is 11.7. The number of nitrogens with one attached hydrogen (secondary N) is 1. The first kappa shape index (κ1) is 16.3. The molecule has 0 spiro atoms. The molecule has 0 aromatic carbocycles. The second kappa shape index (κ2) is 5.96. The van der Waals surface area contributed by atoms with Crippen molar-refractivity contribution >= 4 is 23.1 Å². The van der Waals surface area contributed by atoms with E-state index in [0.717, 1.165) is 11.3 Å².